The van der Waals surface area contributed by atoms with E-state index in [9.17, 15) is 4.79 Å². The van der Waals surface area contributed by atoms with Gasteiger partial charge in [-0.2, -0.15) is 5.10 Å². The van der Waals surface area contributed by atoms with E-state index in [-0.39, 0.29) is 5.91 Å². The number of carbonyl (C=O) groups excluding carboxylic acids is 1. The standard InChI is InChI=1S/C17H16N4OS/c22-17(21(13-6-7-13)11-16-18-8-9-23-16)15-10-14(19-20-15)12-4-2-1-3-5-12/h1-5,8-10,13H,6-7,11H2,(H,19,20). The number of nitrogens with one attached hydrogen (secondary N) is 1. The summed E-state index contributed by atoms with van der Waals surface area (Å²) in [5.41, 5.74) is 2.33. The molecule has 4 rings (SSSR count). The number of rotatable bonds is 5. The van der Waals surface area contributed by atoms with Crippen LogP contribution in [0, 0.1) is 0 Å². The van der Waals surface area contributed by atoms with E-state index < -0.39 is 0 Å². The van der Waals surface area contributed by atoms with Crippen molar-refractivity contribution in [1.82, 2.24) is 20.1 Å². The molecule has 116 valence electrons. The first-order valence-electron chi connectivity index (χ1n) is 7.61. The Morgan fingerprint density at radius 3 is 2.83 bits per heavy atom. The molecular weight excluding hydrogens is 308 g/mol. The van der Waals surface area contributed by atoms with Crippen LogP contribution in [0.4, 0.5) is 0 Å². The second kappa shape index (κ2) is 5.96. The van der Waals surface area contributed by atoms with Gasteiger partial charge in [0.1, 0.15) is 10.7 Å². The maximum Gasteiger partial charge on any atom is 0.272 e. The van der Waals surface area contributed by atoms with Crippen LogP contribution in [0.3, 0.4) is 0 Å². The number of benzene rings is 1. The van der Waals surface area contributed by atoms with Crippen molar-refractivity contribution in [1.29, 1.82) is 0 Å². The SMILES string of the molecule is O=C(c1cc(-c2ccccc2)n[nH]1)N(Cc1nccs1)C1CC1. The monoisotopic (exact) mass is 324 g/mol. The highest BCUT2D eigenvalue weighted by molar-refractivity contribution is 7.09. The van der Waals surface area contributed by atoms with E-state index >= 15 is 0 Å². The average Bonchev–Trinajstić information content (AvgIpc) is 3.10. The minimum absolute atomic E-state index is 0.00242. The minimum Gasteiger partial charge on any atom is -0.328 e. The molecule has 0 atom stereocenters. The van der Waals surface area contributed by atoms with Crippen LogP contribution < -0.4 is 0 Å². The lowest BCUT2D eigenvalue weighted by Crippen LogP contribution is -2.32. The molecule has 0 radical (unpaired) electrons. The normalized spacial score (nSPS) is 13.9. The third kappa shape index (κ3) is 3.03. The van der Waals surface area contributed by atoms with Crippen LogP contribution in [0.2, 0.25) is 0 Å². The van der Waals surface area contributed by atoms with Crippen LogP contribution in [0.5, 0.6) is 0 Å². The number of aromatic amines is 1. The topological polar surface area (TPSA) is 61.9 Å². The summed E-state index contributed by atoms with van der Waals surface area (Å²) in [5.74, 6) is -0.00242. The summed E-state index contributed by atoms with van der Waals surface area (Å²) in [7, 11) is 0. The molecule has 0 aliphatic heterocycles. The van der Waals surface area contributed by atoms with Gasteiger partial charge in [-0.15, -0.1) is 11.3 Å². The molecule has 1 aliphatic carbocycles. The van der Waals surface area contributed by atoms with Gasteiger partial charge >= 0.3 is 0 Å². The molecule has 1 amide bonds. The van der Waals surface area contributed by atoms with Gasteiger partial charge in [0.05, 0.1) is 12.2 Å². The van der Waals surface area contributed by atoms with Gasteiger partial charge in [-0.3, -0.25) is 9.89 Å². The summed E-state index contributed by atoms with van der Waals surface area (Å²) in [6, 6.07) is 12.0. The van der Waals surface area contributed by atoms with Crippen molar-refractivity contribution in [2.24, 2.45) is 0 Å². The van der Waals surface area contributed by atoms with Gasteiger partial charge in [0.25, 0.3) is 5.91 Å². The van der Waals surface area contributed by atoms with E-state index in [0.29, 0.717) is 18.3 Å². The van der Waals surface area contributed by atoms with E-state index in [0.717, 1.165) is 29.1 Å². The summed E-state index contributed by atoms with van der Waals surface area (Å²) >= 11 is 1.58. The van der Waals surface area contributed by atoms with Crippen molar-refractivity contribution in [3.05, 3.63) is 58.7 Å². The summed E-state index contributed by atoms with van der Waals surface area (Å²) in [6.07, 6.45) is 3.91. The Balaban J connectivity index is 1.56. The average molecular weight is 324 g/mol. The maximum atomic E-state index is 12.8. The van der Waals surface area contributed by atoms with Crippen LogP contribution in [-0.2, 0) is 6.54 Å². The number of hydrogen-bond acceptors (Lipinski definition) is 4. The molecule has 2 aromatic heterocycles. The van der Waals surface area contributed by atoms with Crippen LogP contribution >= 0.6 is 11.3 Å². The van der Waals surface area contributed by atoms with Gasteiger partial charge in [-0.05, 0) is 18.9 Å². The van der Waals surface area contributed by atoms with E-state index in [2.05, 4.69) is 15.2 Å². The molecule has 23 heavy (non-hydrogen) atoms. The minimum atomic E-state index is -0.00242. The Morgan fingerprint density at radius 2 is 2.13 bits per heavy atom. The third-order valence-corrected chi connectivity index (χ3v) is 4.68. The number of carbonyl (C=O) groups is 1. The van der Waals surface area contributed by atoms with E-state index in [1.54, 1.807) is 17.5 Å². The van der Waals surface area contributed by atoms with Gasteiger partial charge in [0.15, 0.2) is 0 Å². The van der Waals surface area contributed by atoms with Gasteiger partial charge in [0.2, 0.25) is 0 Å². The molecule has 5 nitrogen and oxygen atoms in total. The number of thiazole rings is 1. The lowest BCUT2D eigenvalue weighted by Gasteiger charge is -2.20. The Hall–Kier alpha value is -2.47. The summed E-state index contributed by atoms with van der Waals surface area (Å²) in [5, 5.41) is 10.1. The number of H-pyrrole nitrogens is 1. The molecule has 0 saturated heterocycles. The Morgan fingerprint density at radius 1 is 1.30 bits per heavy atom. The Bertz CT molecular complexity index is 793. The molecule has 0 unspecified atom stereocenters. The Kier molecular flexibility index (Phi) is 3.67. The fraction of sp³-hybridized carbons (Fsp3) is 0.235. The lowest BCUT2D eigenvalue weighted by atomic mass is 10.1. The van der Waals surface area contributed by atoms with Crippen LogP contribution in [0.25, 0.3) is 11.3 Å². The molecule has 3 aromatic rings. The first-order chi connectivity index (χ1) is 11.3. The van der Waals surface area contributed by atoms with Crippen molar-refractivity contribution < 1.29 is 4.79 Å². The van der Waals surface area contributed by atoms with Crippen LogP contribution in [0.15, 0.2) is 48.0 Å². The second-order valence-electron chi connectivity index (χ2n) is 5.62. The fourth-order valence-corrected chi connectivity index (χ4v) is 3.19. The fourth-order valence-electron chi connectivity index (χ4n) is 2.57. The predicted molar refractivity (Wildman–Crippen MR) is 89.0 cm³/mol. The number of nitrogens with zero attached hydrogens (tertiary/aromatic N) is 3. The first kappa shape index (κ1) is 14.1. The molecule has 2 heterocycles. The summed E-state index contributed by atoms with van der Waals surface area (Å²) in [4.78, 5) is 19.0. The van der Waals surface area contributed by atoms with Gasteiger partial charge in [-0.25, -0.2) is 4.98 Å². The maximum absolute atomic E-state index is 12.8. The van der Waals surface area contributed by atoms with E-state index in [1.807, 2.05) is 46.7 Å². The number of aromatic nitrogens is 3. The van der Waals surface area contributed by atoms with Gasteiger partial charge in [0, 0.05) is 23.2 Å². The van der Waals surface area contributed by atoms with Crippen molar-refractivity contribution in [2.75, 3.05) is 0 Å². The lowest BCUT2D eigenvalue weighted by molar-refractivity contribution is 0.0723. The van der Waals surface area contributed by atoms with E-state index in [1.165, 1.54) is 0 Å². The molecule has 1 aliphatic rings. The molecule has 1 N–H and O–H groups in total. The molecule has 6 heteroatoms. The second-order valence-corrected chi connectivity index (χ2v) is 6.60. The molecule has 0 bridgehead atoms. The van der Waals surface area contributed by atoms with Gasteiger partial charge in [-0.1, -0.05) is 30.3 Å². The van der Waals surface area contributed by atoms with Crippen LogP contribution in [0.1, 0.15) is 28.3 Å². The molecule has 1 aromatic carbocycles. The summed E-state index contributed by atoms with van der Waals surface area (Å²) < 4.78 is 0. The predicted octanol–water partition coefficient (Wildman–Crippen LogP) is 3.34. The highest BCUT2D eigenvalue weighted by Gasteiger charge is 2.34. The third-order valence-electron chi connectivity index (χ3n) is 3.92. The largest absolute Gasteiger partial charge is 0.328 e. The Labute approximate surface area is 138 Å². The highest BCUT2D eigenvalue weighted by Crippen LogP contribution is 2.30. The summed E-state index contributed by atoms with van der Waals surface area (Å²) in [6.45, 7) is 0.570. The molecule has 1 fully saturated rings. The molecule has 1 saturated carbocycles. The zero-order valence-electron chi connectivity index (χ0n) is 12.5. The van der Waals surface area contributed by atoms with Crippen molar-refractivity contribution in [2.45, 2.75) is 25.4 Å². The quantitative estimate of drug-likeness (QED) is 0.783. The zero-order chi connectivity index (χ0) is 15.6. The highest BCUT2D eigenvalue weighted by atomic mass is 32.1. The zero-order valence-corrected chi connectivity index (χ0v) is 13.3. The van der Waals surface area contributed by atoms with Crippen molar-refractivity contribution in [3.8, 4) is 11.3 Å². The van der Waals surface area contributed by atoms with Crippen LogP contribution in [-0.4, -0.2) is 32.0 Å². The van der Waals surface area contributed by atoms with Crippen molar-refractivity contribution in [3.63, 3.8) is 0 Å². The van der Waals surface area contributed by atoms with E-state index in [4.69, 9.17) is 0 Å². The van der Waals surface area contributed by atoms with Gasteiger partial charge < -0.3 is 4.90 Å². The molecule has 0 spiro atoms. The van der Waals surface area contributed by atoms with Crippen molar-refractivity contribution >= 4 is 17.2 Å². The first-order valence-corrected chi connectivity index (χ1v) is 8.49. The number of amides is 1. The smallest absolute Gasteiger partial charge is 0.272 e. The molecular formula is C17H16N4OS. The number of hydrogen-bond donors (Lipinski definition) is 1.